The molecule has 0 fully saturated rings. The number of rotatable bonds is 3. The second-order valence-electron chi connectivity index (χ2n) is 3.24. The van der Waals surface area contributed by atoms with Crippen LogP contribution in [0.5, 0.6) is 11.5 Å². The number of ether oxygens (including phenoxy) is 2. The van der Waals surface area contributed by atoms with Gasteiger partial charge in [-0.15, -0.1) is 0 Å². The number of fused-ring (bicyclic) bond motifs is 1. The van der Waals surface area contributed by atoms with E-state index in [1.807, 2.05) is 18.2 Å². The molecule has 4 nitrogen and oxygen atoms in total. The number of benzene rings is 1. The molecule has 76 valence electrons. The molecule has 0 amide bonds. The molecule has 0 saturated carbocycles. The van der Waals surface area contributed by atoms with Gasteiger partial charge in [-0.2, -0.15) is 0 Å². The van der Waals surface area contributed by atoms with Crippen LogP contribution in [0.3, 0.4) is 0 Å². The molecule has 0 bridgehead atoms. The van der Waals surface area contributed by atoms with Gasteiger partial charge in [0, 0.05) is 6.04 Å². The molecule has 1 aliphatic rings. The molecule has 2 rings (SSSR count). The summed E-state index contributed by atoms with van der Waals surface area (Å²) in [5.41, 5.74) is 3.89. The second kappa shape index (κ2) is 3.86. The maximum absolute atomic E-state index is 5.44. The lowest BCUT2D eigenvalue weighted by molar-refractivity contribution is 0.174. The standard InChI is InChI=1S/C10H14N2O2/c1-2-8(12-11)7-3-4-9-10(5-7)14-6-13-9/h3-5,8,12H,2,6,11H2,1H3. The van der Waals surface area contributed by atoms with Crippen molar-refractivity contribution in [1.82, 2.24) is 5.43 Å². The molecule has 3 N–H and O–H groups in total. The van der Waals surface area contributed by atoms with Crippen molar-refractivity contribution in [2.75, 3.05) is 6.79 Å². The zero-order valence-corrected chi connectivity index (χ0v) is 8.12. The van der Waals surface area contributed by atoms with Crippen LogP contribution in [0, 0.1) is 0 Å². The van der Waals surface area contributed by atoms with Gasteiger partial charge in [-0.1, -0.05) is 13.0 Å². The highest BCUT2D eigenvalue weighted by molar-refractivity contribution is 5.45. The predicted octanol–water partition coefficient (Wildman–Crippen LogP) is 1.33. The van der Waals surface area contributed by atoms with Crippen molar-refractivity contribution in [3.05, 3.63) is 23.8 Å². The summed E-state index contributed by atoms with van der Waals surface area (Å²) in [5, 5.41) is 0. The van der Waals surface area contributed by atoms with E-state index in [1.165, 1.54) is 0 Å². The normalized spacial score (nSPS) is 15.6. The summed E-state index contributed by atoms with van der Waals surface area (Å²) in [6.07, 6.45) is 0.941. The maximum atomic E-state index is 5.44. The van der Waals surface area contributed by atoms with Crippen molar-refractivity contribution in [1.29, 1.82) is 0 Å². The summed E-state index contributed by atoms with van der Waals surface area (Å²) in [6, 6.07) is 6.06. The Bertz CT molecular complexity index is 324. The molecule has 0 saturated heterocycles. The molecule has 0 aliphatic carbocycles. The van der Waals surface area contributed by atoms with Gasteiger partial charge >= 0.3 is 0 Å². The molecule has 0 spiro atoms. The first-order chi connectivity index (χ1) is 6.85. The van der Waals surface area contributed by atoms with Crippen LogP contribution in [0.4, 0.5) is 0 Å². The molecular weight excluding hydrogens is 180 g/mol. The van der Waals surface area contributed by atoms with Gasteiger partial charge in [0.2, 0.25) is 6.79 Å². The van der Waals surface area contributed by atoms with Gasteiger partial charge in [0.15, 0.2) is 11.5 Å². The summed E-state index contributed by atoms with van der Waals surface area (Å²) in [7, 11) is 0. The molecular formula is C10H14N2O2. The van der Waals surface area contributed by atoms with Crippen molar-refractivity contribution in [3.8, 4) is 11.5 Å². The van der Waals surface area contributed by atoms with E-state index in [9.17, 15) is 0 Å². The predicted molar refractivity (Wildman–Crippen MR) is 52.9 cm³/mol. The van der Waals surface area contributed by atoms with Crippen molar-refractivity contribution in [2.24, 2.45) is 5.84 Å². The van der Waals surface area contributed by atoms with Gasteiger partial charge in [-0.05, 0) is 24.1 Å². The lowest BCUT2D eigenvalue weighted by Crippen LogP contribution is -2.27. The summed E-state index contributed by atoms with van der Waals surface area (Å²) >= 11 is 0. The van der Waals surface area contributed by atoms with E-state index in [0.29, 0.717) is 6.79 Å². The van der Waals surface area contributed by atoms with E-state index < -0.39 is 0 Å². The monoisotopic (exact) mass is 194 g/mol. The summed E-state index contributed by atoms with van der Waals surface area (Å²) < 4.78 is 10.5. The van der Waals surface area contributed by atoms with Crippen LogP contribution in [0.25, 0.3) is 0 Å². The van der Waals surface area contributed by atoms with Crippen LogP contribution in [0.1, 0.15) is 24.9 Å². The molecule has 1 atom stereocenters. The number of hydrogen-bond donors (Lipinski definition) is 2. The van der Waals surface area contributed by atoms with Crippen LogP contribution in [-0.4, -0.2) is 6.79 Å². The molecule has 0 aromatic heterocycles. The van der Waals surface area contributed by atoms with Crippen molar-refractivity contribution in [2.45, 2.75) is 19.4 Å². The number of hydrogen-bond acceptors (Lipinski definition) is 4. The lowest BCUT2D eigenvalue weighted by Gasteiger charge is -2.13. The third-order valence-electron chi connectivity index (χ3n) is 2.41. The smallest absolute Gasteiger partial charge is 0.231 e. The Morgan fingerprint density at radius 3 is 2.93 bits per heavy atom. The highest BCUT2D eigenvalue weighted by Gasteiger charge is 2.15. The van der Waals surface area contributed by atoms with Gasteiger partial charge in [0.05, 0.1) is 0 Å². The number of nitrogens with one attached hydrogen (secondary N) is 1. The van der Waals surface area contributed by atoms with E-state index in [2.05, 4.69) is 12.3 Å². The second-order valence-corrected chi connectivity index (χ2v) is 3.24. The molecule has 1 aromatic rings. The summed E-state index contributed by atoms with van der Waals surface area (Å²) in [5.74, 6) is 7.05. The summed E-state index contributed by atoms with van der Waals surface area (Å²) in [4.78, 5) is 0. The minimum Gasteiger partial charge on any atom is -0.454 e. The first-order valence-electron chi connectivity index (χ1n) is 4.71. The first kappa shape index (κ1) is 9.30. The minimum absolute atomic E-state index is 0.171. The largest absolute Gasteiger partial charge is 0.454 e. The first-order valence-corrected chi connectivity index (χ1v) is 4.71. The summed E-state index contributed by atoms with van der Waals surface area (Å²) in [6.45, 7) is 2.39. The molecule has 4 heteroatoms. The average molecular weight is 194 g/mol. The van der Waals surface area contributed by atoms with Crippen LogP contribution in [0.15, 0.2) is 18.2 Å². The van der Waals surface area contributed by atoms with Crippen LogP contribution in [-0.2, 0) is 0 Å². The van der Waals surface area contributed by atoms with E-state index in [-0.39, 0.29) is 6.04 Å². The van der Waals surface area contributed by atoms with Gasteiger partial charge in [0.25, 0.3) is 0 Å². The van der Waals surface area contributed by atoms with E-state index >= 15 is 0 Å². The molecule has 14 heavy (non-hydrogen) atoms. The fourth-order valence-electron chi connectivity index (χ4n) is 1.58. The Balaban J connectivity index is 2.27. The molecule has 0 radical (unpaired) electrons. The molecule has 1 heterocycles. The van der Waals surface area contributed by atoms with Crippen molar-refractivity contribution in [3.63, 3.8) is 0 Å². The minimum atomic E-state index is 0.171. The molecule has 1 unspecified atom stereocenters. The van der Waals surface area contributed by atoms with Gasteiger partial charge in [0.1, 0.15) is 0 Å². The Kier molecular flexibility index (Phi) is 2.56. The number of nitrogens with two attached hydrogens (primary N) is 1. The van der Waals surface area contributed by atoms with Gasteiger partial charge in [-0.25, -0.2) is 0 Å². The maximum Gasteiger partial charge on any atom is 0.231 e. The Morgan fingerprint density at radius 1 is 1.43 bits per heavy atom. The quantitative estimate of drug-likeness (QED) is 0.563. The third kappa shape index (κ3) is 1.54. The van der Waals surface area contributed by atoms with E-state index in [0.717, 1.165) is 23.5 Å². The lowest BCUT2D eigenvalue weighted by atomic mass is 10.0. The van der Waals surface area contributed by atoms with Crippen LogP contribution in [0.2, 0.25) is 0 Å². The molecule has 1 aromatic carbocycles. The highest BCUT2D eigenvalue weighted by atomic mass is 16.7. The fraction of sp³-hybridized carbons (Fsp3) is 0.400. The zero-order valence-electron chi connectivity index (χ0n) is 8.12. The zero-order chi connectivity index (χ0) is 9.97. The van der Waals surface area contributed by atoms with Crippen molar-refractivity contribution < 1.29 is 9.47 Å². The van der Waals surface area contributed by atoms with Gasteiger partial charge < -0.3 is 9.47 Å². The van der Waals surface area contributed by atoms with Gasteiger partial charge in [-0.3, -0.25) is 11.3 Å². The SMILES string of the molecule is CCC(NN)c1ccc2c(c1)OCO2. The number of hydrazine groups is 1. The average Bonchev–Trinajstić information content (AvgIpc) is 2.66. The highest BCUT2D eigenvalue weighted by Crippen LogP contribution is 2.34. The molecule has 1 aliphatic heterocycles. The fourth-order valence-corrected chi connectivity index (χ4v) is 1.58. The van der Waals surface area contributed by atoms with E-state index in [4.69, 9.17) is 15.3 Å². The topological polar surface area (TPSA) is 56.5 Å². The third-order valence-corrected chi connectivity index (χ3v) is 2.41. The van der Waals surface area contributed by atoms with E-state index in [1.54, 1.807) is 0 Å². The van der Waals surface area contributed by atoms with Crippen LogP contribution >= 0.6 is 0 Å². The van der Waals surface area contributed by atoms with Crippen molar-refractivity contribution >= 4 is 0 Å². The Hall–Kier alpha value is -1.26. The Morgan fingerprint density at radius 2 is 2.21 bits per heavy atom. The van der Waals surface area contributed by atoms with Crippen LogP contribution < -0.4 is 20.7 Å². The Labute approximate surface area is 83.0 Å².